The van der Waals surface area contributed by atoms with E-state index in [-0.39, 0.29) is 0 Å². The molecule has 2 aromatic heterocycles. The molecule has 0 fully saturated rings. The van der Waals surface area contributed by atoms with Gasteiger partial charge in [-0.15, -0.1) is 0 Å². The first kappa shape index (κ1) is 11.0. The summed E-state index contributed by atoms with van der Waals surface area (Å²) in [5, 5.41) is 4.55. The van der Waals surface area contributed by atoms with Crippen LogP contribution in [0.5, 0.6) is 5.75 Å². The third-order valence-electron chi connectivity index (χ3n) is 2.59. The van der Waals surface area contributed by atoms with Crippen molar-refractivity contribution in [3.05, 3.63) is 59.6 Å². The summed E-state index contributed by atoms with van der Waals surface area (Å²) in [6.07, 6.45) is 4.98. The largest absolute Gasteiger partial charge is 0.485 e. The van der Waals surface area contributed by atoms with Crippen molar-refractivity contribution in [1.29, 1.82) is 0 Å². The number of rotatable bonds is 3. The first-order valence-electron chi connectivity index (χ1n) is 5.49. The quantitative estimate of drug-likeness (QED) is 0.726. The molecule has 0 aliphatic rings. The van der Waals surface area contributed by atoms with Gasteiger partial charge in [0.15, 0.2) is 10.9 Å². The Morgan fingerprint density at radius 3 is 2.89 bits per heavy atom. The predicted molar refractivity (Wildman–Crippen MR) is 68.8 cm³/mol. The van der Waals surface area contributed by atoms with Gasteiger partial charge in [-0.25, -0.2) is 9.50 Å². The van der Waals surface area contributed by atoms with Crippen LogP contribution in [-0.2, 0) is 6.61 Å². The molecule has 0 aliphatic carbocycles. The van der Waals surface area contributed by atoms with Crippen molar-refractivity contribution in [3.63, 3.8) is 0 Å². The van der Waals surface area contributed by atoms with Gasteiger partial charge >= 0.3 is 0 Å². The number of ether oxygens (including phenoxy) is 1. The maximum absolute atomic E-state index is 6.03. The van der Waals surface area contributed by atoms with Gasteiger partial charge in [0.1, 0.15) is 12.1 Å². The minimum Gasteiger partial charge on any atom is -0.485 e. The molecule has 18 heavy (non-hydrogen) atoms. The molecule has 0 aliphatic heterocycles. The molecule has 0 N–H and O–H groups in total. The minimum absolute atomic E-state index is 0.387. The van der Waals surface area contributed by atoms with E-state index in [1.165, 1.54) is 0 Å². The lowest BCUT2D eigenvalue weighted by Crippen LogP contribution is -1.95. The summed E-state index contributed by atoms with van der Waals surface area (Å²) in [6, 6.07) is 9.93. The number of fused-ring (bicyclic) bond motifs is 1. The van der Waals surface area contributed by atoms with E-state index in [2.05, 4.69) is 10.1 Å². The maximum atomic E-state index is 6.03. The number of aromatic nitrogens is 3. The fourth-order valence-electron chi connectivity index (χ4n) is 1.72. The zero-order chi connectivity index (χ0) is 12.4. The van der Waals surface area contributed by atoms with E-state index >= 15 is 0 Å². The van der Waals surface area contributed by atoms with E-state index < -0.39 is 0 Å². The lowest BCUT2D eigenvalue weighted by molar-refractivity contribution is 0.310. The van der Waals surface area contributed by atoms with Crippen molar-refractivity contribution < 1.29 is 4.74 Å². The average molecular weight is 260 g/mol. The summed E-state index contributed by atoms with van der Waals surface area (Å²) >= 11 is 6.03. The molecular weight excluding hydrogens is 250 g/mol. The molecule has 0 amide bonds. The Bertz CT molecular complexity index is 666. The highest BCUT2D eigenvalue weighted by Crippen LogP contribution is 2.25. The van der Waals surface area contributed by atoms with E-state index in [0.29, 0.717) is 23.0 Å². The third kappa shape index (κ3) is 2.02. The maximum Gasteiger partial charge on any atom is 0.168 e. The lowest BCUT2D eigenvalue weighted by atomic mass is 10.2. The van der Waals surface area contributed by atoms with Crippen LogP contribution in [0.3, 0.4) is 0 Å². The van der Waals surface area contributed by atoms with E-state index in [1.807, 2.05) is 30.3 Å². The van der Waals surface area contributed by atoms with E-state index in [0.717, 1.165) is 5.56 Å². The van der Waals surface area contributed by atoms with Gasteiger partial charge in [-0.3, -0.25) is 0 Å². The number of nitrogens with zero attached hydrogens (tertiary/aromatic N) is 3. The molecule has 3 rings (SSSR count). The predicted octanol–water partition coefficient (Wildman–Crippen LogP) is 2.96. The molecule has 0 radical (unpaired) electrons. The Balaban J connectivity index is 1.87. The first-order chi connectivity index (χ1) is 8.84. The standard InChI is InChI=1S/C13H10ClN3O/c14-13-12-11(8-16-17(12)7-6-15-13)18-9-10-4-2-1-3-5-10/h1-8H,9H2. The van der Waals surface area contributed by atoms with Crippen LogP contribution in [0.4, 0.5) is 0 Å². The van der Waals surface area contributed by atoms with Gasteiger partial charge in [0.2, 0.25) is 0 Å². The van der Waals surface area contributed by atoms with Crippen LogP contribution in [0.1, 0.15) is 5.56 Å². The van der Waals surface area contributed by atoms with Crippen LogP contribution >= 0.6 is 11.6 Å². The Kier molecular flexibility index (Phi) is 2.86. The smallest absolute Gasteiger partial charge is 0.168 e. The highest BCUT2D eigenvalue weighted by molar-refractivity contribution is 6.32. The molecule has 0 spiro atoms. The van der Waals surface area contributed by atoms with E-state index in [1.54, 1.807) is 23.1 Å². The zero-order valence-corrected chi connectivity index (χ0v) is 10.2. The van der Waals surface area contributed by atoms with Crippen LogP contribution < -0.4 is 4.74 Å². The van der Waals surface area contributed by atoms with Crippen LogP contribution in [-0.4, -0.2) is 14.6 Å². The summed E-state index contributed by atoms with van der Waals surface area (Å²) in [4.78, 5) is 4.02. The van der Waals surface area contributed by atoms with Crippen LogP contribution in [0, 0.1) is 0 Å². The van der Waals surface area contributed by atoms with Gasteiger partial charge in [-0.05, 0) is 5.56 Å². The van der Waals surface area contributed by atoms with Crippen molar-refractivity contribution in [2.24, 2.45) is 0 Å². The second-order valence-electron chi connectivity index (χ2n) is 3.79. The van der Waals surface area contributed by atoms with Crippen LogP contribution in [0.25, 0.3) is 5.52 Å². The molecular formula is C13H10ClN3O. The van der Waals surface area contributed by atoms with Crippen molar-refractivity contribution >= 4 is 17.1 Å². The number of hydrogen-bond donors (Lipinski definition) is 0. The van der Waals surface area contributed by atoms with Crippen molar-refractivity contribution in [2.45, 2.75) is 6.61 Å². The average Bonchev–Trinajstić information content (AvgIpc) is 2.82. The Morgan fingerprint density at radius 1 is 1.22 bits per heavy atom. The van der Waals surface area contributed by atoms with Crippen LogP contribution in [0.15, 0.2) is 48.9 Å². The molecule has 0 atom stereocenters. The molecule has 0 saturated heterocycles. The second-order valence-corrected chi connectivity index (χ2v) is 4.15. The van der Waals surface area contributed by atoms with Gasteiger partial charge in [-0.1, -0.05) is 41.9 Å². The van der Waals surface area contributed by atoms with Gasteiger partial charge in [0.05, 0.1) is 6.20 Å². The molecule has 0 saturated carbocycles. The summed E-state index contributed by atoms with van der Waals surface area (Å²) in [6.45, 7) is 0.480. The normalized spacial score (nSPS) is 10.7. The fourth-order valence-corrected chi connectivity index (χ4v) is 1.96. The summed E-state index contributed by atoms with van der Waals surface area (Å²) in [5.41, 5.74) is 1.78. The highest BCUT2D eigenvalue weighted by Gasteiger charge is 2.09. The van der Waals surface area contributed by atoms with Gasteiger partial charge in [-0.2, -0.15) is 5.10 Å². The molecule has 0 bridgehead atoms. The summed E-state index contributed by atoms with van der Waals surface area (Å²) in [5.74, 6) is 0.636. The Labute approximate surface area is 109 Å². The Hall–Kier alpha value is -2.07. The zero-order valence-electron chi connectivity index (χ0n) is 9.45. The van der Waals surface area contributed by atoms with Crippen molar-refractivity contribution in [2.75, 3.05) is 0 Å². The summed E-state index contributed by atoms with van der Waals surface area (Å²) < 4.78 is 7.37. The molecule has 2 heterocycles. The van der Waals surface area contributed by atoms with Crippen LogP contribution in [0.2, 0.25) is 5.15 Å². The first-order valence-corrected chi connectivity index (χ1v) is 5.87. The number of halogens is 1. The molecule has 3 aromatic rings. The summed E-state index contributed by atoms with van der Waals surface area (Å²) in [7, 11) is 0. The fraction of sp³-hybridized carbons (Fsp3) is 0.0769. The van der Waals surface area contributed by atoms with Crippen molar-refractivity contribution in [1.82, 2.24) is 14.6 Å². The van der Waals surface area contributed by atoms with E-state index in [4.69, 9.17) is 16.3 Å². The lowest BCUT2D eigenvalue weighted by Gasteiger charge is -2.04. The second kappa shape index (κ2) is 4.66. The minimum atomic E-state index is 0.387. The number of hydrogen-bond acceptors (Lipinski definition) is 3. The third-order valence-corrected chi connectivity index (χ3v) is 2.87. The van der Waals surface area contributed by atoms with Gasteiger partial charge in [0, 0.05) is 12.4 Å². The molecule has 0 unspecified atom stereocenters. The topological polar surface area (TPSA) is 39.4 Å². The molecule has 90 valence electrons. The SMILES string of the molecule is Clc1nccn2ncc(OCc3ccccc3)c12. The van der Waals surface area contributed by atoms with Crippen molar-refractivity contribution in [3.8, 4) is 5.75 Å². The molecule has 4 nitrogen and oxygen atoms in total. The molecule has 1 aromatic carbocycles. The monoisotopic (exact) mass is 259 g/mol. The van der Waals surface area contributed by atoms with E-state index in [9.17, 15) is 0 Å². The highest BCUT2D eigenvalue weighted by atomic mass is 35.5. The van der Waals surface area contributed by atoms with Gasteiger partial charge < -0.3 is 4.74 Å². The van der Waals surface area contributed by atoms with Gasteiger partial charge in [0.25, 0.3) is 0 Å². The number of benzene rings is 1. The molecule has 5 heteroatoms. The Morgan fingerprint density at radius 2 is 2.06 bits per heavy atom.